The van der Waals surface area contributed by atoms with Crippen molar-refractivity contribution < 1.29 is 9.53 Å². The molecule has 18 heavy (non-hydrogen) atoms. The molecule has 0 aliphatic heterocycles. The average Bonchev–Trinajstić information content (AvgIpc) is 2.40. The Morgan fingerprint density at radius 1 is 1.44 bits per heavy atom. The van der Waals surface area contributed by atoms with Gasteiger partial charge in [-0.25, -0.2) is 4.79 Å². The van der Waals surface area contributed by atoms with E-state index < -0.39 is 5.97 Å². The van der Waals surface area contributed by atoms with Crippen LogP contribution in [0, 0.1) is 0 Å². The van der Waals surface area contributed by atoms with Crippen LogP contribution < -0.4 is 0 Å². The monoisotopic (exact) mass is 262 g/mol. The molecule has 0 saturated carbocycles. The van der Waals surface area contributed by atoms with Gasteiger partial charge in [0.1, 0.15) is 0 Å². The lowest BCUT2D eigenvalue weighted by Gasteiger charge is -2.06. The predicted molar refractivity (Wildman–Crippen MR) is 68.4 cm³/mol. The third-order valence-electron chi connectivity index (χ3n) is 2.31. The maximum atomic E-state index is 11.7. The summed E-state index contributed by atoms with van der Waals surface area (Å²) in [5.41, 5.74) is 1.77. The lowest BCUT2D eigenvalue weighted by Crippen LogP contribution is -2.06. The van der Waals surface area contributed by atoms with Crippen LogP contribution in [0.5, 0.6) is 0 Å². The molecule has 92 valence electrons. The average molecular weight is 263 g/mol. The summed E-state index contributed by atoms with van der Waals surface area (Å²) >= 11 is 5.94. The highest BCUT2D eigenvalue weighted by Gasteiger charge is 2.13. The standard InChI is InChI=1S/C13H11ClN2O2/c1-2-18-13(17)10-6-12(16-8-11(10)14)9-4-3-5-15-7-9/h3-8H,2H2,1H3. The second-order valence-corrected chi connectivity index (χ2v) is 3.92. The Morgan fingerprint density at radius 3 is 2.94 bits per heavy atom. The van der Waals surface area contributed by atoms with Crippen LogP contribution in [-0.4, -0.2) is 22.5 Å². The number of hydrogen-bond donors (Lipinski definition) is 0. The zero-order valence-electron chi connectivity index (χ0n) is 9.76. The molecule has 0 spiro atoms. The topological polar surface area (TPSA) is 52.1 Å². The van der Waals surface area contributed by atoms with Gasteiger partial charge in [0.15, 0.2) is 0 Å². The molecule has 0 aromatic carbocycles. The molecule has 0 amide bonds. The van der Waals surface area contributed by atoms with Gasteiger partial charge in [-0.3, -0.25) is 9.97 Å². The largest absolute Gasteiger partial charge is 0.462 e. The third-order valence-corrected chi connectivity index (χ3v) is 2.61. The number of rotatable bonds is 3. The molecule has 0 saturated heterocycles. The van der Waals surface area contributed by atoms with Crippen LogP contribution in [0.3, 0.4) is 0 Å². The fourth-order valence-electron chi connectivity index (χ4n) is 1.48. The number of ether oxygens (including phenoxy) is 1. The number of nitrogens with zero attached hydrogens (tertiary/aromatic N) is 2. The van der Waals surface area contributed by atoms with Gasteiger partial charge >= 0.3 is 5.97 Å². The van der Waals surface area contributed by atoms with Crippen molar-refractivity contribution in [3.05, 3.63) is 47.4 Å². The lowest BCUT2D eigenvalue weighted by molar-refractivity contribution is 0.0526. The van der Waals surface area contributed by atoms with Gasteiger partial charge < -0.3 is 4.74 Å². The number of carbonyl (C=O) groups excluding carboxylic acids is 1. The van der Waals surface area contributed by atoms with Gasteiger partial charge in [-0.1, -0.05) is 11.6 Å². The highest BCUT2D eigenvalue weighted by Crippen LogP contribution is 2.22. The zero-order valence-corrected chi connectivity index (χ0v) is 10.5. The molecular formula is C13H11ClN2O2. The molecule has 0 aliphatic rings. The van der Waals surface area contributed by atoms with Crippen molar-refractivity contribution in [2.75, 3.05) is 6.61 Å². The van der Waals surface area contributed by atoms with Gasteiger partial charge in [-0.2, -0.15) is 0 Å². The lowest BCUT2D eigenvalue weighted by atomic mass is 10.1. The number of carbonyl (C=O) groups is 1. The molecule has 5 heteroatoms. The van der Waals surface area contributed by atoms with E-state index >= 15 is 0 Å². The summed E-state index contributed by atoms with van der Waals surface area (Å²) in [7, 11) is 0. The van der Waals surface area contributed by atoms with E-state index in [4.69, 9.17) is 16.3 Å². The van der Waals surface area contributed by atoms with Crippen molar-refractivity contribution in [2.45, 2.75) is 6.92 Å². The Labute approximate surface area is 110 Å². The molecule has 0 radical (unpaired) electrons. The highest BCUT2D eigenvalue weighted by molar-refractivity contribution is 6.33. The van der Waals surface area contributed by atoms with E-state index in [0.717, 1.165) is 5.56 Å². The second-order valence-electron chi connectivity index (χ2n) is 3.51. The summed E-state index contributed by atoms with van der Waals surface area (Å²) in [5, 5.41) is 0.279. The summed E-state index contributed by atoms with van der Waals surface area (Å²) < 4.78 is 4.93. The molecule has 0 fully saturated rings. The van der Waals surface area contributed by atoms with E-state index in [2.05, 4.69) is 9.97 Å². The van der Waals surface area contributed by atoms with Gasteiger partial charge in [0, 0.05) is 24.2 Å². The molecule has 0 bridgehead atoms. The Kier molecular flexibility index (Phi) is 3.89. The molecule has 0 aliphatic carbocycles. The summed E-state index contributed by atoms with van der Waals surface area (Å²) in [4.78, 5) is 19.9. The van der Waals surface area contributed by atoms with Gasteiger partial charge in [0.25, 0.3) is 0 Å². The van der Waals surface area contributed by atoms with Crippen molar-refractivity contribution in [3.63, 3.8) is 0 Å². The van der Waals surface area contributed by atoms with Gasteiger partial charge in [0.2, 0.25) is 0 Å². The Balaban J connectivity index is 2.41. The van der Waals surface area contributed by atoms with Crippen LogP contribution in [0.15, 0.2) is 36.8 Å². The first kappa shape index (κ1) is 12.5. The van der Waals surface area contributed by atoms with Gasteiger partial charge in [0.05, 0.1) is 22.9 Å². The molecule has 2 heterocycles. The fraction of sp³-hybridized carbons (Fsp3) is 0.154. The SMILES string of the molecule is CCOC(=O)c1cc(-c2cccnc2)ncc1Cl. The maximum Gasteiger partial charge on any atom is 0.339 e. The number of hydrogen-bond acceptors (Lipinski definition) is 4. The first-order valence-corrected chi connectivity index (χ1v) is 5.83. The number of esters is 1. The first-order chi connectivity index (χ1) is 8.72. The predicted octanol–water partition coefficient (Wildman–Crippen LogP) is 2.97. The van der Waals surface area contributed by atoms with Crippen LogP contribution >= 0.6 is 11.6 Å². The summed E-state index contributed by atoms with van der Waals surface area (Å²) in [6, 6.07) is 5.27. The molecule has 2 rings (SSSR count). The Bertz CT molecular complexity index is 558. The fourth-order valence-corrected chi connectivity index (χ4v) is 1.66. The Morgan fingerprint density at radius 2 is 2.28 bits per heavy atom. The van der Waals surface area contributed by atoms with E-state index in [9.17, 15) is 4.79 Å². The highest BCUT2D eigenvalue weighted by atomic mass is 35.5. The van der Waals surface area contributed by atoms with Crippen LogP contribution in [0.4, 0.5) is 0 Å². The molecule has 2 aromatic rings. The van der Waals surface area contributed by atoms with Crippen molar-refractivity contribution in [3.8, 4) is 11.3 Å². The van der Waals surface area contributed by atoms with Crippen LogP contribution in [-0.2, 0) is 4.74 Å². The van der Waals surface area contributed by atoms with E-state index in [0.29, 0.717) is 17.9 Å². The van der Waals surface area contributed by atoms with Crippen molar-refractivity contribution >= 4 is 17.6 Å². The van der Waals surface area contributed by atoms with Crippen molar-refractivity contribution in [1.29, 1.82) is 0 Å². The van der Waals surface area contributed by atoms with Crippen LogP contribution in [0.25, 0.3) is 11.3 Å². The molecular weight excluding hydrogens is 252 g/mol. The summed E-state index contributed by atoms with van der Waals surface area (Å²) in [5.74, 6) is -0.449. The van der Waals surface area contributed by atoms with E-state index in [1.54, 1.807) is 31.5 Å². The quantitative estimate of drug-likeness (QED) is 0.798. The maximum absolute atomic E-state index is 11.7. The van der Waals surface area contributed by atoms with Gasteiger partial charge in [-0.05, 0) is 25.1 Å². The van der Waals surface area contributed by atoms with E-state index in [1.165, 1.54) is 6.20 Å². The minimum absolute atomic E-state index is 0.279. The molecule has 2 aromatic heterocycles. The number of pyridine rings is 2. The summed E-state index contributed by atoms with van der Waals surface area (Å²) in [6.45, 7) is 2.05. The summed E-state index contributed by atoms with van der Waals surface area (Å²) in [6.07, 6.45) is 4.78. The number of aromatic nitrogens is 2. The molecule has 0 N–H and O–H groups in total. The minimum atomic E-state index is -0.449. The van der Waals surface area contributed by atoms with E-state index in [-0.39, 0.29) is 5.02 Å². The smallest absolute Gasteiger partial charge is 0.339 e. The molecule has 0 atom stereocenters. The van der Waals surface area contributed by atoms with Gasteiger partial charge in [-0.15, -0.1) is 0 Å². The molecule has 0 unspecified atom stereocenters. The zero-order chi connectivity index (χ0) is 13.0. The second kappa shape index (κ2) is 5.60. The molecule has 4 nitrogen and oxygen atoms in total. The van der Waals surface area contributed by atoms with Crippen molar-refractivity contribution in [1.82, 2.24) is 9.97 Å². The van der Waals surface area contributed by atoms with Crippen LogP contribution in [0.1, 0.15) is 17.3 Å². The first-order valence-electron chi connectivity index (χ1n) is 5.45. The third kappa shape index (κ3) is 2.65. The van der Waals surface area contributed by atoms with E-state index in [1.807, 2.05) is 6.07 Å². The minimum Gasteiger partial charge on any atom is -0.462 e. The number of halogens is 1. The normalized spacial score (nSPS) is 10.1. The Hall–Kier alpha value is -1.94. The van der Waals surface area contributed by atoms with Crippen molar-refractivity contribution in [2.24, 2.45) is 0 Å². The van der Waals surface area contributed by atoms with Crippen LogP contribution in [0.2, 0.25) is 5.02 Å².